The second-order valence-electron chi connectivity index (χ2n) is 8.07. The van der Waals surface area contributed by atoms with E-state index in [2.05, 4.69) is 33.6 Å². The number of aromatic nitrogens is 2. The number of benzene rings is 1. The largest absolute Gasteiger partial charge is 0.381 e. The van der Waals surface area contributed by atoms with Crippen molar-refractivity contribution in [1.82, 2.24) is 9.97 Å². The van der Waals surface area contributed by atoms with Gasteiger partial charge in [0.15, 0.2) is 0 Å². The zero-order valence-corrected chi connectivity index (χ0v) is 18.4. The van der Waals surface area contributed by atoms with Crippen LogP contribution in [-0.4, -0.2) is 28.0 Å². The predicted molar refractivity (Wildman–Crippen MR) is 126 cm³/mol. The van der Waals surface area contributed by atoms with Gasteiger partial charge in [0, 0.05) is 35.0 Å². The highest BCUT2D eigenvalue weighted by Crippen LogP contribution is 2.31. The number of aromatic amines is 1. The summed E-state index contributed by atoms with van der Waals surface area (Å²) >= 11 is 0. The van der Waals surface area contributed by atoms with Gasteiger partial charge in [-0.1, -0.05) is 13.3 Å². The van der Waals surface area contributed by atoms with Crippen molar-refractivity contribution in [2.45, 2.75) is 57.5 Å². The highest BCUT2D eigenvalue weighted by atomic mass is 35.5. The number of anilines is 2. The standard InChI is InChI=1S/C23H28FN5O.ClH/c1-2-3-18-12-19-21(27-16-10-6-15(25)7-11-16)20(13-26-22(19)28-18)23(30)29-17-8-4-14(24)5-9-17;/h4-5,8-9,12-13,15-16H,2-3,6-7,10-11,25H2,1H3,(H,29,30)(H2,26,27,28);1H. The van der Waals surface area contributed by atoms with Crippen LogP contribution in [0.4, 0.5) is 15.8 Å². The number of rotatable bonds is 6. The van der Waals surface area contributed by atoms with E-state index in [9.17, 15) is 9.18 Å². The second-order valence-corrected chi connectivity index (χ2v) is 8.07. The zero-order valence-electron chi connectivity index (χ0n) is 17.6. The summed E-state index contributed by atoms with van der Waals surface area (Å²) in [5, 5.41) is 7.38. The number of fused-ring (bicyclic) bond motifs is 1. The molecule has 8 heteroatoms. The van der Waals surface area contributed by atoms with E-state index in [-0.39, 0.29) is 36.2 Å². The molecular weight excluding hydrogens is 417 g/mol. The van der Waals surface area contributed by atoms with Gasteiger partial charge in [-0.25, -0.2) is 9.37 Å². The van der Waals surface area contributed by atoms with Crippen LogP contribution in [0, 0.1) is 5.82 Å². The van der Waals surface area contributed by atoms with Crippen LogP contribution >= 0.6 is 12.4 Å². The molecule has 2 aromatic heterocycles. The molecule has 1 aliphatic carbocycles. The fourth-order valence-corrected chi connectivity index (χ4v) is 4.06. The maximum atomic E-state index is 13.2. The van der Waals surface area contributed by atoms with Gasteiger partial charge in [0.2, 0.25) is 0 Å². The average molecular weight is 446 g/mol. The Hall–Kier alpha value is -2.64. The van der Waals surface area contributed by atoms with Gasteiger partial charge in [0.25, 0.3) is 5.91 Å². The molecule has 0 unspecified atom stereocenters. The Labute approximate surface area is 187 Å². The lowest BCUT2D eigenvalue weighted by atomic mass is 9.91. The lowest BCUT2D eigenvalue weighted by molar-refractivity contribution is 0.102. The van der Waals surface area contributed by atoms with Crippen LogP contribution in [0.1, 0.15) is 55.1 Å². The highest BCUT2D eigenvalue weighted by Gasteiger charge is 2.23. The third-order valence-electron chi connectivity index (χ3n) is 5.70. The first-order valence-corrected chi connectivity index (χ1v) is 10.6. The summed E-state index contributed by atoms with van der Waals surface area (Å²) in [5.74, 6) is -0.617. The minimum Gasteiger partial charge on any atom is -0.381 e. The number of nitrogens with zero attached hydrogens (tertiary/aromatic N) is 1. The van der Waals surface area contributed by atoms with Gasteiger partial charge in [-0.3, -0.25) is 4.79 Å². The van der Waals surface area contributed by atoms with Gasteiger partial charge in [0.1, 0.15) is 11.5 Å². The quantitative estimate of drug-likeness (QED) is 0.428. The van der Waals surface area contributed by atoms with Crippen molar-refractivity contribution in [1.29, 1.82) is 0 Å². The van der Waals surface area contributed by atoms with Crippen LogP contribution < -0.4 is 16.4 Å². The zero-order chi connectivity index (χ0) is 21.1. The number of carbonyl (C=O) groups excluding carboxylic acids is 1. The number of hydrogen-bond donors (Lipinski definition) is 4. The van der Waals surface area contributed by atoms with E-state index in [1.165, 1.54) is 12.1 Å². The van der Waals surface area contributed by atoms with E-state index in [1.54, 1.807) is 18.3 Å². The first-order chi connectivity index (χ1) is 14.5. The first-order valence-electron chi connectivity index (χ1n) is 10.6. The number of H-pyrrole nitrogens is 1. The van der Waals surface area contributed by atoms with E-state index < -0.39 is 0 Å². The molecular formula is C23H29ClFN5O. The van der Waals surface area contributed by atoms with E-state index in [1.807, 2.05) is 0 Å². The van der Waals surface area contributed by atoms with Crippen LogP contribution in [-0.2, 0) is 6.42 Å². The molecule has 1 aromatic carbocycles. The molecule has 0 aliphatic heterocycles. The van der Waals surface area contributed by atoms with E-state index in [4.69, 9.17) is 5.73 Å². The maximum Gasteiger partial charge on any atom is 0.259 e. The number of carbonyl (C=O) groups is 1. The molecule has 0 bridgehead atoms. The number of pyridine rings is 1. The molecule has 2 heterocycles. The van der Waals surface area contributed by atoms with Crippen molar-refractivity contribution in [2.24, 2.45) is 5.73 Å². The molecule has 0 saturated heterocycles. The van der Waals surface area contributed by atoms with E-state index >= 15 is 0 Å². The molecule has 1 amide bonds. The second kappa shape index (κ2) is 10.1. The third kappa shape index (κ3) is 5.35. The molecule has 4 rings (SSSR count). The molecule has 3 aromatic rings. The Morgan fingerprint density at radius 1 is 1.23 bits per heavy atom. The van der Waals surface area contributed by atoms with Crippen LogP contribution in [0.15, 0.2) is 36.5 Å². The summed E-state index contributed by atoms with van der Waals surface area (Å²) in [4.78, 5) is 20.9. The summed E-state index contributed by atoms with van der Waals surface area (Å²) in [6.07, 6.45) is 7.42. The first kappa shape index (κ1) is 23.0. The Balaban J connectivity index is 0.00000272. The molecule has 1 fully saturated rings. The summed E-state index contributed by atoms with van der Waals surface area (Å²) in [6, 6.07) is 8.34. The number of amides is 1. The fraction of sp³-hybridized carbons (Fsp3) is 0.391. The van der Waals surface area contributed by atoms with Crippen molar-refractivity contribution < 1.29 is 9.18 Å². The topological polar surface area (TPSA) is 95.8 Å². The molecule has 1 saturated carbocycles. The lowest BCUT2D eigenvalue weighted by Gasteiger charge is -2.28. The Kier molecular flexibility index (Phi) is 7.51. The molecule has 5 N–H and O–H groups in total. The minimum absolute atomic E-state index is 0. The summed E-state index contributed by atoms with van der Waals surface area (Å²) in [7, 11) is 0. The van der Waals surface area contributed by atoms with Gasteiger partial charge in [-0.2, -0.15) is 0 Å². The van der Waals surface area contributed by atoms with Gasteiger partial charge < -0.3 is 21.4 Å². The Morgan fingerprint density at radius 3 is 2.61 bits per heavy atom. The SMILES string of the molecule is CCCc1cc2c(NC3CCC(N)CC3)c(C(=O)Nc3ccc(F)cc3)cnc2[nH]1.Cl. The van der Waals surface area contributed by atoms with Crippen molar-refractivity contribution in [3.63, 3.8) is 0 Å². The highest BCUT2D eigenvalue weighted by molar-refractivity contribution is 6.12. The van der Waals surface area contributed by atoms with Crippen molar-refractivity contribution in [2.75, 3.05) is 10.6 Å². The minimum atomic E-state index is -0.343. The summed E-state index contributed by atoms with van der Waals surface area (Å²) in [6.45, 7) is 2.13. The predicted octanol–water partition coefficient (Wildman–Crippen LogP) is 5.01. The molecule has 0 radical (unpaired) electrons. The third-order valence-corrected chi connectivity index (χ3v) is 5.70. The van der Waals surface area contributed by atoms with Gasteiger partial charge in [-0.15, -0.1) is 12.4 Å². The van der Waals surface area contributed by atoms with E-state index in [0.717, 1.165) is 60.9 Å². The van der Waals surface area contributed by atoms with Crippen LogP contribution in [0.2, 0.25) is 0 Å². The molecule has 166 valence electrons. The Morgan fingerprint density at radius 2 is 1.94 bits per heavy atom. The molecule has 0 spiro atoms. The fourth-order valence-electron chi connectivity index (χ4n) is 4.06. The van der Waals surface area contributed by atoms with Crippen LogP contribution in [0.25, 0.3) is 11.0 Å². The van der Waals surface area contributed by atoms with E-state index in [0.29, 0.717) is 11.3 Å². The summed E-state index contributed by atoms with van der Waals surface area (Å²) < 4.78 is 13.2. The monoisotopic (exact) mass is 445 g/mol. The number of nitrogens with two attached hydrogens (primary N) is 1. The smallest absolute Gasteiger partial charge is 0.259 e. The average Bonchev–Trinajstić information content (AvgIpc) is 3.15. The lowest BCUT2D eigenvalue weighted by Crippen LogP contribution is -2.33. The van der Waals surface area contributed by atoms with Crippen molar-refractivity contribution in [3.8, 4) is 0 Å². The number of halogens is 2. The Bertz CT molecular complexity index is 1030. The number of aryl methyl sites for hydroxylation is 1. The number of nitrogens with one attached hydrogen (secondary N) is 3. The molecule has 31 heavy (non-hydrogen) atoms. The van der Waals surface area contributed by atoms with Gasteiger partial charge in [0.05, 0.1) is 11.3 Å². The molecule has 0 atom stereocenters. The van der Waals surface area contributed by atoms with Crippen LogP contribution in [0.5, 0.6) is 0 Å². The van der Waals surface area contributed by atoms with Gasteiger partial charge in [-0.05, 0) is 62.4 Å². The van der Waals surface area contributed by atoms with Crippen LogP contribution in [0.3, 0.4) is 0 Å². The molecule has 1 aliphatic rings. The maximum absolute atomic E-state index is 13.2. The normalized spacial score (nSPS) is 18.4. The van der Waals surface area contributed by atoms with Crippen molar-refractivity contribution >= 4 is 40.7 Å². The summed E-state index contributed by atoms with van der Waals surface area (Å²) in [5.41, 5.74) is 9.74. The van der Waals surface area contributed by atoms with Crippen molar-refractivity contribution in [3.05, 3.63) is 53.6 Å². The molecule has 6 nitrogen and oxygen atoms in total. The number of hydrogen-bond acceptors (Lipinski definition) is 4. The van der Waals surface area contributed by atoms with Gasteiger partial charge >= 0.3 is 0 Å².